The number of benzene rings is 1. The Morgan fingerprint density at radius 1 is 1.18 bits per heavy atom. The molecule has 0 radical (unpaired) electrons. The number of phenols is 1. The number of rotatable bonds is 4. The van der Waals surface area contributed by atoms with Crippen molar-refractivity contribution in [2.75, 3.05) is 7.05 Å². The molecular weight excluding hydrogens is 238 g/mol. The van der Waals surface area contributed by atoms with Gasteiger partial charge < -0.3 is 5.11 Å². The minimum atomic E-state index is -3.32. The van der Waals surface area contributed by atoms with E-state index in [2.05, 4.69) is 0 Å². The van der Waals surface area contributed by atoms with Crippen LogP contribution in [-0.4, -0.2) is 30.1 Å². The number of aromatic hydroxyl groups is 1. The van der Waals surface area contributed by atoms with Gasteiger partial charge in [-0.2, -0.15) is 4.31 Å². The summed E-state index contributed by atoms with van der Waals surface area (Å²) in [6, 6.07) is 6.39. The molecule has 96 valence electrons. The molecule has 0 aliphatic carbocycles. The molecule has 1 unspecified atom stereocenters. The third kappa shape index (κ3) is 2.79. The number of sulfonamides is 1. The Labute approximate surface area is 103 Å². The molecule has 1 aromatic carbocycles. The second-order valence-corrected chi connectivity index (χ2v) is 6.89. The van der Waals surface area contributed by atoms with Gasteiger partial charge in [-0.3, -0.25) is 0 Å². The van der Waals surface area contributed by atoms with Crippen LogP contribution in [0.5, 0.6) is 5.75 Å². The predicted molar refractivity (Wildman–Crippen MR) is 68.3 cm³/mol. The molecule has 0 spiro atoms. The molecule has 1 N–H and O–H groups in total. The van der Waals surface area contributed by atoms with E-state index >= 15 is 0 Å². The van der Waals surface area contributed by atoms with E-state index < -0.39 is 15.3 Å². The molecule has 4 nitrogen and oxygen atoms in total. The lowest BCUT2D eigenvalue weighted by Crippen LogP contribution is -2.35. The first-order chi connectivity index (χ1) is 7.78. The summed E-state index contributed by atoms with van der Waals surface area (Å²) in [7, 11) is -1.78. The third-order valence-electron chi connectivity index (χ3n) is 2.93. The van der Waals surface area contributed by atoms with Crippen LogP contribution in [-0.2, 0) is 10.0 Å². The quantitative estimate of drug-likeness (QED) is 0.899. The van der Waals surface area contributed by atoms with Crippen molar-refractivity contribution >= 4 is 10.0 Å². The third-order valence-corrected chi connectivity index (χ3v) is 5.24. The Balaban J connectivity index is 3.07. The van der Waals surface area contributed by atoms with Gasteiger partial charge in [-0.1, -0.05) is 18.2 Å². The molecule has 0 saturated carbocycles. The summed E-state index contributed by atoms with van der Waals surface area (Å²) < 4.78 is 25.3. The molecule has 5 heteroatoms. The van der Waals surface area contributed by atoms with Gasteiger partial charge in [0.15, 0.2) is 0 Å². The van der Waals surface area contributed by atoms with Crippen molar-refractivity contribution in [1.29, 1.82) is 0 Å². The van der Waals surface area contributed by atoms with E-state index in [0.717, 1.165) is 0 Å². The number of hydrogen-bond acceptors (Lipinski definition) is 3. The van der Waals surface area contributed by atoms with Crippen molar-refractivity contribution in [2.45, 2.75) is 32.1 Å². The van der Waals surface area contributed by atoms with Gasteiger partial charge in [0, 0.05) is 12.6 Å². The Bertz CT molecular complexity index is 482. The molecule has 1 atom stereocenters. The number of phenolic OH excluding ortho intramolecular Hbond substituents is 1. The van der Waals surface area contributed by atoms with Gasteiger partial charge in [0.1, 0.15) is 5.75 Å². The minimum Gasteiger partial charge on any atom is -0.508 e. The van der Waals surface area contributed by atoms with Gasteiger partial charge in [-0.15, -0.1) is 0 Å². The molecule has 0 amide bonds. The fourth-order valence-electron chi connectivity index (χ4n) is 1.59. The second kappa shape index (κ2) is 5.06. The molecule has 0 fully saturated rings. The fraction of sp³-hybridized carbons (Fsp3) is 0.500. The monoisotopic (exact) mass is 257 g/mol. The van der Waals surface area contributed by atoms with Gasteiger partial charge in [0.05, 0.1) is 11.3 Å². The molecule has 1 rings (SSSR count). The Hall–Kier alpha value is -1.07. The number of nitrogens with zero attached hydrogens (tertiary/aromatic N) is 1. The highest BCUT2D eigenvalue weighted by Crippen LogP contribution is 2.29. The number of hydrogen-bond donors (Lipinski definition) is 1. The molecule has 0 saturated heterocycles. The van der Waals surface area contributed by atoms with Gasteiger partial charge >= 0.3 is 0 Å². The zero-order valence-corrected chi connectivity index (χ0v) is 11.4. The topological polar surface area (TPSA) is 57.6 Å². The largest absolute Gasteiger partial charge is 0.508 e. The Morgan fingerprint density at radius 2 is 1.71 bits per heavy atom. The first-order valence-corrected chi connectivity index (χ1v) is 7.03. The van der Waals surface area contributed by atoms with Gasteiger partial charge in [0.25, 0.3) is 0 Å². The lowest BCUT2D eigenvalue weighted by atomic mass is 10.1. The maximum Gasteiger partial charge on any atom is 0.216 e. The first-order valence-electron chi connectivity index (χ1n) is 5.53. The van der Waals surface area contributed by atoms with Crippen LogP contribution in [0.15, 0.2) is 24.3 Å². The van der Waals surface area contributed by atoms with Crippen LogP contribution in [0.1, 0.15) is 32.4 Å². The van der Waals surface area contributed by atoms with E-state index in [9.17, 15) is 13.5 Å². The van der Waals surface area contributed by atoms with E-state index in [0.29, 0.717) is 5.56 Å². The molecule has 1 aromatic rings. The molecule has 0 aliphatic heterocycles. The lowest BCUT2D eigenvalue weighted by molar-refractivity contribution is 0.377. The summed E-state index contributed by atoms with van der Waals surface area (Å²) in [6.07, 6.45) is 0. The predicted octanol–water partition coefficient (Wildman–Crippen LogP) is 2.12. The van der Waals surface area contributed by atoms with Crippen molar-refractivity contribution in [3.63, 3.8) is 0 Å². The van der Waals surface area contributed by atoms with Gasteiger partial charge in [0.2, 0.25) is 10.0 Å². The minimum absolute atomic E-state index is 0.116. The van der Waals surface area contributed by atoms with Crippen LogP contribution in [0.4, 0.5) is 0 Å². The summed E-state index contributed by atoms with van der Waals surface area (Å²) in [5, 5.41) is 9.24. The standard InChI is InChI=1S/C12H19NO3S/c1-9(2)17(15,16)13(4)10(3)11-7-5-6-8-12(11)14/h5-10,14H,1-4H3. The van der Waals surface area contributed by atoms with Crippen molar-refractivity contribution in [3.05, 3.63) is 29.8 Å². The van der Waals surface area contributed by atoms with Crippen LogP contribution in [0.25, 0.3) is 0 Å². The van der Waals surface area contributed by atoms with Gasteiger partial charge in [-0.05, 0) is 26.8 Å². The first kappa shape index (κ1) is 14.0. The smallest absolute Gasteiger partial charge is 0.216 e. The average molecular weight is 257 g/mol. The van der Waals surface area contributed by atoms with E-state index in [-0.39, 0.29) is 11.8 Å². The summed E-state index contributed by atoms with van der Waals surface area (Å²) in [5.74, 6) is 0.116. The van der Waals surface area contributed by atoms with E-state index in [4.69, 9.17) is 0 Å². The molecule has 0 bridgehead atoms. The van der Waals surface area contributed by atoms with Crippen LogP contribution in [0.2, 0.25) is 0 Å². The van der Waals surface area contributed by atoms with Crippen LogP contribution < -0.4 is 0 Å². The zero-order valence-electron chi connectivity index (χ0n) is 10.6. The molecular formula is C12H19NO3S. The Morgan fingerprint density at radius 3 is 2.18 bits per heavy atom. The molecule has 0 aliphatic rings. The molecule has 0 aromatic heterocycles. The van der Waals surface area contributed by atoms with E-state index in [1.807, 2.05) is 0 Å². The average Bonchev–Trinajstić information content (AvgIpc) is 2.27. The molecule has 17 heavy (non-hydrogen) atoms. The van der Waals surface area contributed by atoms with Crippen molar-refractivity contribution < 1.29 is 13.5 Å². The van der Waals surface area contributed by atoms with Crippen molar-refractivity contribution in [2.24, 2.45) is 0 Å². The maximum atomic E-state index is 12.0. The summed E-state index contributed by atoms with van der Waals surface area (Å²) >= 11 is 0. The maximum absolute atomic E-state index is 12.0. The Kier molecular flexibility index (Phi) is 4.16. The van der Waals surface area contributed by atoms with Crippen molar-refractivity contribution in [3.8, 4) is 5.75 Å². The number of para-hydroxylation sites is 1. The SMILES string of the molecule is CC(c1ccccc1O)N(C)S(=O)(=O)C(C)C. The van der Waals surface area contributed by atoms with Crippen molar-refractivity contribution in [1.82, 2.24) is 4.31 Å². The van der Waals surface area contributed by atoms with E-state index in [1.165, 1.54) is 11.4 Å². The second-order valence-electron chi connectivity index (χ2n) is 4.34. The highest BCUT2D eigenvalue weighted by Gasteiger charge is 2.28. The molecule has 0 heterocycles. The highest BCUT2D eigenvalue weighted by molar-refractivity contribution is 7.89. The van der Waals surface area contributed by atoms with Crippen LogP contribution >= 0.6 is 0 Å². The summed E-state index contributed by atoms with van der Waals surface area (Å²) in [4.78, 5) is 0. The normalized spacial score (nSPS) is 14.2. The van der Waals surface area contributed by atoms with Gasteiger partial charge in [-0.25, -0.2) is 8.42 Å². The lowest BCUT2D eigenvalue weighted by Gasteiger charge is -2.26. The zero-order chi connectivity index (χ0) is 13.2. The van der Waals surface area contributed by atoms with E-state index in [1.54, 1.807) is 45.0 Å². The highest BCUT2D eigenvalue weighted by atomic mass is 32.2. The fourth-order valence-corrected chi connectivity index (χ4v) is 2.81. The van der Waals surface area contributed by atoms with Crippen LogP contribution in [0, 0.1) is 0 Å². The van der Waals surface area contributed by atoms with Crippen LogP contribution in [0.3, 0.4) is 0 Å². The summed E-state index contributed by atoms with van der Waals surface area (Å²) in [5.41, 5.74) is 0.610. The summed E-state index contributed by atoms with van der Waals surface area (Å²) in [6.45, 7) is 5.04.